The highest BCUT2D eigenvalue weighted by atomic mass is 16.5. The highest BCUT2D eigenvalue weighted by Crippen LogP contribution is 2.38. The van der Waals surface area contributed by atoms with Gasteiger partial charge in [-0.2, -0.15) is 0 Å². The van der Waals surface area contributed by atoms with Crippen LogP contribution in [0.1, 0.15) is 54.0 Å². The summed E-state index contributed by atoms with van der Waals surface area (Å²) >= 11 is 0. The summed E-state index contributed by atoms with van der Waals surface area (Å²) in [4.78, 5) is 29.4. The summed E-state index contributed by atoms with van der Waals surface area (Å²) in [5.74, 6) is 2.70. The van der Waals surface area contributed by atoms with Crippen LogP contribution in [0.3, 0.4) is 0 Å². The van der Waals surface area contributed by atoms with Crippen molar-refractivity contribution in [2.24, 2.45) is 16.7 Å². The molecule has 2 heterocycles. The second kappa shape index (κ2) is 12.5. The van der Waals surface area contributed by atoms with Crippen LogP contribution < -0.4 is 26.2 Å². The second-order valence-electron chi connectivity index (χ2n) is 14.9. The highest BCUT2D eigenvalue weighted by molar-refractivity contribution is 6.02. The largest absolute Gasteiger partial charge is 0.461 e. The Morgan fingerprint density at radius 3 is 1.94 bits per heavy atom. The van der Waals surface area contributed by atoms with E-state index < -0.39 is 0 Å². The molecule has 0 N–H and O–H groups in total. The van der Waals surface area contributed by atoms with E-state index in [1.165, 1.54) is 0 Å². The summed E-state index contributed by atoms with van der Waals surface area (Å²) in [5, 5.41) is 0.442. The average Bonchev–Trinajstić information content (AvgIpc) is 3.02. The molecule has 5 rings (SSSR count). The highest BCUT2D eigenvalue weighted by Gasteiger charge is 2.28. The molecule has 0 amide bonds. The topological polar surface area (TPSA) is 58.9 Å². The molecule has 47 heavy (non-hydrogen) atoms. The van der Waals surface area contributed by atoms with E-state index in [2.05, 4.69) is 41.5 Å². The van der Waals surface area contributed by atoms with Gasteiger partial charge in [0.1, 0.15) is 37.1 Å². The third kappa shape index (κ3) is 7.02. The van der Waals surface area contributed by atoms with E-state index in [0.717, 1.165) is 39.6 Å². The summed E-state index contributed by atoms with van der Waals surface area (Å²) in [5.41, 5.74) is 4.48. The third-order valence-electron chi connectivity index (χ3n) is 8.63. The van der Waals surface area contributed by atoms with Crippen molar-refractivity contribution in [3.05, 3.63) is 138 Å². The molecule has 0 bridgehead atoms. The molecule has 0 saturated heterocycles. The summed E-state index contributed by atoms with van der Waals surface area (Å²) in [6.07, 6.45) is 17.8. The number of benzene rings is 1. The standard InChI is InChI=1S/C41H47N2O4/c1-25(29-23-34(47-36(24-29)41(5,6)7)28-14-18-31(19-15-28)43(10)11)37-38(44)32(39(37)45)20-26-21-33(46-35(22-26)40(2,3)4)27-12-16-30(17-13-27)42(8)9/h12-24,26H,1-11H3/q+1. The van der Waals surface area contributed by atoms with Gasteiger partial charge in [0.05, 0.1) is 10.4 Å². The quantitative estimate of drug-likeness (QED) is 0.394. The molecule has 1 aliphatic carbocycles. The first kappa shape index (κ1) is 33.6. The zero-order valence-electron chi connectivity index (χ0n) is 29.6. The van der Waals surface area contributed by atoms with Crippen LogP contribution in [0.5, 0.6) is 0 Å². The Labute approximate surface area is 278 Å². The maximum atomic E-state index is 13.7. The van der Waals surface area contributed by atoms with Gasteiger partial charge in [-0.3, -0.25) is 9.59 Å². The van der Waals surface area contributed by atoms with Crippen LogP contribution in [0.25, 0.3) is 17.4 Å². The molecule has 2 aliphatic heterocycles. The molecule has 2 aromatic rings. The molecule has 1 unspecified atom stereocenters. The first-order chi connectivity index (χ1) is 21.9. The van der Waals surface area contributed by atoms with Crippen molar-refractivity contribution in [1.82, 2.24) is 0 Å². The van der Waals surface area contributed by atoms with Gasteiger partial charge >= 0.3 is 0 Å². The van der Waals surface area contributed by atoms with Crippen LogP contribution in [0, 0.1) is 16.7 Å². The molecule has 0 fully saturated rings. The van der Waals surface area contributed by atoms with Gasteiger partial charge in [-0.05, 0) is 78.8 Å². The lowest BCUT2D eigenvalue weighted by atomic mass is 9.88. The minimum Gasteiger partial charge on any atom is -0.461 e. The van der Waals surface area contributed by atoms with Crippen molar-refractivity contribution in [3.8, 4) is 0 Å². The molecule has 1 atom stereocenters. The molecule has 2 aromatic carbocycles. The molecule has 6 nitrogen and oxygen atoms in total. The fourth-order valence-electron chi connectivity index (χ4n) is 5.56. The van der Waals surface area contributed by atoms with Crippen LogP contribution in [-0.2, 0) is 9.47 Å². The van der Waals surface area contributed by atoms with E-state index in [9.17, 15) is 9.59 Å². The van der Waals surface area contributed by atoms with E-state index in [4.69, 9.17) is 9.47 Å². The van der Waals surface area contributed by atoms with Gasteiger partial charge in [-0.25, -0.2) is 4.58 Å². The van der Waals surface area contributed by atoms with E-state index in [1.54, 1.807) is 6.08 Å². The summed E-state index contributed by atoms with van der Waals surface area (Å²) in [7, 11) is 8.02. The molecule has 6 heteroatoms. The van der Waals surface area contributed by atoms with E-state index >= 15 is 0 Å². The van der Waals surface area contributed by atoms with Crippen LogP contribution in [0.4, 0.5) is 5.69 Å². The molecule has 0 spiro atoms. The van der Waals surface area contributed by atoms with Crippen LogP contribution in [-0.4, -0.2) is 38.5 Å². The van der Waals surface area contributed by atoms with Crippen molar-refractivity contribution in [2.45, 2.75) is 48.5 Å². The Balaban J connectivity index is 1.59. The van der Waals surface area contributed by atoms with Gasteiger partial charge in [-0.1, -0.05) is 47.6 Å². The predicted molar refractivity (Wildman–Crippen MR) is 194 cm³/mol. The van der Waals surface area contributed by atoms with Gasteiger partial charge in [0, 0.05) is 59.8 Å². The zero-order valence-corrected chi connectivity index (χ0v) is 29.6. The molecular formula is C41H47N2O4+. The number of allylic oxidation sites excluding steroid dienone is 12. The summed E-state index contributed by atoms with van der Waals surface area (Å²) in [6, 6.07) is 8.16. The number of hydrogen-bond donors (Lipinski definition) is 0. The smallest absolute Gasteiger partial charge is 0.200 e. The third-order valence-corrected chi connectivity index (χ3v) is 8.63. The maximum Gasteiger partial charge on any atom is 0.200 e. The second-order valence-corrected chi connectivity index (χ2v) is 14.9. The first-order valence-electron chi connectivity index (χ1n) is 16.1. The number of hydrogen-bond acceptors (Lipinski definition) is 5. The number of rotatable bonds is 4. The maximum absolute atomic E-state index is 13.7. The Kier molecular flexibility index (Phi) is 8.93. The lowest BCUT2D eigenvalue weighted by Crippen LogP contribution is -2.65. The van der Waals surface area contributed by atoms with E-state index in [1.807, 2.05) is 117 Å². The Bertz CT molecular complexity index is 2010. The zero-order chi connectivity index (χ0) is 34.4. The van der Waals surface area contributed by atoms with E-state index in [0.29, 0.717) is 17.1 Å². The lowest BCUT2D eigenvalue weighted by Gasteiger charge is -2.29. The van der Waals surface area contributed by atoms with Crippen molar-refractivity contribution >= 4 is 28.8 Å². The Morgan fingerprint density at radius 1 is 0.809 bits per heavy atom. The predicted octanol–water partition coefficient (Wildman–Crippen LogP) is 5.90. The van der Waals surface area contributed by atoms with Crippen LogP contribution >= 0.6 is 0 Å². The lowest BCUT2D eigenvalue weighted by molar-refractivity contribution is -0.462. The van der Waals surface area contributed by atoms with Gasteiger partial charge in [0.25, 0.3) is 0 Å². The van der Waals surface area contributed by atoms with Gasteiger partial charge in [0.15, 0.2) is 5.71 Å². The molecule has 0 radical (unpaired) electrons. The molecule has 0 aromatic heterocycles. The van der Waals surface area contributed by atoms with Crippen LogP contribution in [0.2, 0.25) is 0 Å². The van der Waals surface area contributed by atoms with Crippen molar-refractivity contribution in [2.75, 3.05) is 33.1 Å². The number of anilines is 1. The SMILES string of the molecule is CC(C1=CC(=C2C=CC(=[N+](C)C)C=C2)OC(C(C)(C)C)=C1)=c1c(=O)c(=CC2C=C(c3ccc(N(C)C)cc3)OC(C(C)(C)C)=C2)c1=O. The fourth-order valence-corrected chi connectivity index (χ4v) is 5.56. The van der Waals surface area contributed by atoms with Gasteiger partial charge in [-0.15, -0.1) is 0 Å². The van der Waals surface area contributed by atoms with Crippen molar-refractivity contribution in [1.29, 1.82) is 0 Å². The van der Waals surface area contributed by atoms with Crippen LogP contribution in [0.15, 0.2) is 111 Å². The van der Waals surface area contributed by atoms with Gasteiger partial charge < -0.3 is 14.4 Å². The van der Waals surface area contributed by atoms with E-state index in [-0.39, 0.29) is 38.0 Å². The fraction of sp³-hybridized carbons (Fsp3) is 0.341. The van der Waals surface area contributed by atoms with Gasteiger partial charge in [0.2, 0.25) is 10.9 Å². The molecule has 244 valence electrons. The average molecular weight is 632 g/mol. The normalized spacial score (nSPS) is 18.2. The van der Waals surface area contributed by atoms with Crippen molar-refractivity contribution < 1.29 is 14.0 Å². The molecule has 3 aliphatic rings. The molecular weight excluding hydrogens is 584 g/mol. The Morgan fingerprint density at radius 2 is 1.40 bits per heavy atom. The number of nitrogens with zero attached hydrogens (tertiary/aromatic N) is 2. The summed E-state index contributed by atoms with van der Waals surface area (Å²) < 4.78 is 14.8. The minimum atomic E-state index is -0.283. The first-order valence-corrected chi connectivity index (χ1v) is 16.1. The molecule has 0 saturated carbocycles. The van der Waals surface area contributed by atoms with Crippen molar-refractivity contribution in [3.63, 3.8) is 0 Å². The monoisotopic (exact) mass is 631 g/mol. The minimum absolute atomic E-state index is 0.213. The number of ether oxygens (including phenoxy) is 2. The summed E-state index contributed by atoms with van der Waals surface area (Å²) in [6.45, 7) is 14.4. The Hall–Kier alpha value is -4.71.